The highest BCUT2D eigenvalue weighted by atomic mass is 35.5. The Balaban J connectivity index is 0.00000432. The molecule has 0 bridgehead atoms. The number of carbonyl (C=O) groups excluding carboxylic acids is 1. The Morgan fingerprint density at radius 2 is 1.80 bits per heavy atom. The molecule has 0 unspecified atom stereocenters. The van der Waals surface area contributed by atoms with E-state index >= 15 is 0 Å². The molecule has 0 spiro atoms. The van der Waals surface area contributed by atoms with Crippen molar-refractivity contribution < 1.29 is 45.0 Å². The molecule has 1 fully saturated rings. The lowest BCUT2D eigenvalue weighted by Crippen LogP contribution is -2.48. The van der Waals surface area contributed by atoms with Crippen LogP contribution in [0, 0.1) is 5.82 Å². The number of halogens is 9. The van der Waals surface area contributed by atoms with E-state index in [1.165, 1.54) is 29.2 Å². The third-order valence-electron chi connectivity index (χ3n) is 4.95. The van der Waals surface area contributed by atoms with Crippen LogP contribution in [0.25, 0.3) is 0 Å². The zero-order valence-corrected chi connectivity index (χ0v) is 19.2. The predicted molar refractivity (Wildman–Crippen MR) is 115 cm³/mol. The third-order valence-corrected chi connectivity index (χ3v) is 5.20. The van der Waals surface area contributed by atoms with E-state index in [0.717, 1.165) is 6.07 Å². The fourth-order valence-electron chi connectivity index (χ4n) is 3.28. The van der Waals surface area contributed by atoms with Crippen LogP contribution < -0.4 is 5.32 Å². The summed E-state index contributed by atoms with van der Waals surface area (Å²) in [6.45, 7) is -1.08. The van der Waals surface area contributed by atoms with E-state index in [-0.39, 0.29) is 43.4 Å². The molecule has 0 radical (unpaired) electrons. The van der Waals surface area contributed by atoms with Crippen LogP contribution in [0.1, 0.15) is 17.2 Å². The molecule has 1 N–H and O–H groups in total. The molecule has 2 aromatic carbocycles. The number of amides is 1. The standard InChI is InChI=1S/C21H18ClF7N2O3.ClH/c22-13-2-4-14(5-3-13)30-19(32)34-18(21(27,28)29)11-31-7-8-33-17(10-31)12-1-6-16(23)15(9-12)20(24,25)26;/h1-6,9,17-18H,7-8,10-11H2,(H,30,32);1H/t17-,18-;/m0./s1. The molecule has 1 saturated heterocycles. The summed E-state index contributed by atoms with van der Waals surface area (Å²) in [5, 5.41) is 2.52. The van der Waals surface area contributed by atoms with E-state index in [2.05, 4.69) is 10.1 Å². The molecule has 14 heteroatoms. The van der Waals surface area contributed by atoms with Gasteiger partial charge >= 0.3 is 18.4 Å². The lowest BCUT2D eigenvalue weighted by molar-refractivity contribution is -0.209. The van der Waals surface area contributed by atoms with E-state index in [4.69, 9.17) is 16.3 Å². The summed E-state index contributed by atoms with van der Waals surface area (Å²) < 4.78 is 103. The number of ether oxygens (including phenoxy) is 2. The van der Waals surface area contributed by atoms with Crippen molar-refractivity contribution in [2.45, 2.75) is 24.6 Å². The molecule has 0 saturated carbocycles. The second-order valence-corrected chi connectivity index (χ2v) is 7.86. The maximum absolute atomic E-state index is 13.6. The summed E-state index contributed by atoms with van der Waals surface area (Å²) in [6, 6.07) is 7.87. The van der Waals surface area contributed by atoms with Gasteiger partial charge in [0.1, 0.15) is 5.82 Å². The summed E-state index contributed by atoms with van der Waals surface area (Å²) in [5.41, 5.74) is -1.37. The number of nitrogens with zero attached hydrogens (tertiary/aromatic N) is 1. The number of benzene rings is 2. The highest BCUT2D eigenvalue weighted by Gasteiger charge is 2.44. The second-order valence-electron chi connectivity index (χ2n) is 7.42. The number of carbonyl (C=O) groups is 1. The first-order valence-electron chi connectivity index (χ1n) is 9.83. The van der Waals surface area contributed by atoms with Crippen LogP contribution in [0.15, 0.2) is 42.5 Å². The Hall–Kier alpha value is -2.28. The summed E-state index contributed by atoms with van der Waals surface area (Å²) in [5.74, 6) is -1.47. The third kappa shape index (κ3) is 8.13. The van der Waals surface area contributed by atoms with E-state index in [0.29, 0.717) is 17.2 Å². The summed E-state index contributed by atoms with van der Waals surface area (Å²) in [4.78, 5) is 13.2. The van der Waals surface area contributed by atoms with Crippen LogP contribution >= 0.6 is 24.0 Å². The SMILES string of the molecule is Cl.O=C(Nc1ccc(Cl)cc1)O[C@@H](CN1CCO[C@H](c2ccc(F)c(C(F)(F)F)c2)C1)C(F)(F)F. The zero-order chi connectivity index (χ0) is 25.1. The van der Waals surface area contributed by atoms with Gasteiger partial charge in [0.15, 0.2) is 0 Å². The molecule has 2 atom stereocenters. The van der Waals surface area contributed by atoms with Crippen molar-refractivity contribution in [1.82, 2.24) is 4.90 Å². The smallest absolute Gasteiger partial charge is 0.426 e. The van der Waals surface area contributed by atoms with Gasteiger partial charge in [-0.2, -0.15) is 26.3 Å². The van der Waals surface area contributed by atoms with Gasteiger partial charge in [0.25, 0.3) is 0 Å². The largest absolute Gasteiger partial charge is 0.435 e. The average molecular weight is 551 g/mol. The first kappa shape index (κ1) is 29.0. The van der Waals surface area contributed by atoms with E-state index in [1.807, 2.05) is 0 Å². The van der Waals surface area contributed by atoms with Crippen molar-refractivity contribution in [2.75, 3.05) is 31.6 Å². The molecule has 1 aliphatic heterocycles. The summed E-state index contributed by atoms with van der Waals surface area (Å²) >= 11 is 5.71. The highest BCUT2D eigenvalue weighted by Crippen LogP contribution is 2.34. The highest BCUT2D eigenvalue weighted by molar-refractivity contribution is 6.30. The van der Waals surface area contributed by atoms with Crippen LogP contribution in [0.3, 0.4) is 0 Å². The molecule has 5 nitrogen and oxygen atoms in total. The van der Waals surface area contributed by atoms with Gasteiger partial charge in [-0.25, -0.2) is 9.18 Å². The van der Waals surface area contributed by atoms with Crippen molar-refractivity contribution in [3.8, 4) is 0 Å². The number of morpholine rings is 1. The van der Waals surface area contributed by atoms with E-state index in [9.17, 15) is 35.5 Å². The van der Waals surface area contributed by atoms with Crippen LogP contribution in [0.2, 0.25) is 5.02 Å². The number of nitrogens with one attached hydrogen (secondary N) is 1. The molecular formula is C21H19Cl2F7N2O3. The summed E-state index contributed by atoms with van der Waals surface area (Å²) in [6.07, 6.45) is -14.8. The van der Waals surface area contributed by atoms with Gasteiger partial charge in [-0.05, 0) is 42.0 Å². The molecule has 2 aromatic rings. The Bertz CT molecular complexity index is 1000. The quantitative estimate of drug-likeness (QED) is 0.433. The molecule has 0 aromatic heterocycles. The number of anilines is 1. The van der Waals surface area contributed by atoms with Gasteiger partial charge in [0.05, 0.1) is 18.3 Å². The maximum atomic E-state index is 13.6. The molecule has 35 heavy (non-hydrogen) atoms. The molecule has 1 heterocycles. The fraction of sp³-hybridized carbons (Fsp3) is 0.381. The Labute approximate surface area is 206 Å². The Morgan fingerprint density at radius 3 is 2.40 bits per heavy atom. The minimum Gasteiger partial charge on any atom is -0.435 e. The number of hydrogen-bond donors (Lipinski definition) is 1. The van der Waals surface area contributed by atoms with Gasteiger partial charge in [0.2, 0.25) is 6.10 Å². The predicted octanol–water partition coefficient (Wildman–Crippen LogP) is 6.47. The first-order valence-corrected chi connectivity index (χ1v) is 10.2. The zero-order valence-electron chi connectivity index (χ0n) is 17.6. The van der Waals surface area contributed by atoms with Crippen LogP contribution in [-0.4, -0.2) is 49.5 Å². The van der Waals surface area contributed by atoms with Gasteiger partial charge < -0.3 is 9.47 Å². The topological polar surface area (TPSA) is 50.8 Å². The van der Waals surface area contributed by atoms with Crippen LogP contribution in [-0.2, 0) is 15.7 Å². The first-order chi connectivity index (χ1) is 15.8. The molecule has 194 valence electrons. The fourth-order valence-corrected chi connectivity index (χ4v) is 3.41. The number of rotatable bonds is 5. The minimum absolute atomic E-state index is 0. The van der Waals surface area contributed by atoms with Crippen molar-refractivity contribution in [3.63, 3.8) is 0 Å². The van der Waals surface area contributed by atoms with Gasteiger partial charge in [-0.15, -0.1) is 12.4 Å². The van der Waals surface area contributed by atoms with Crippen molar-refractivity contribution in [3.05, 3.63) is 64.4 Å². The molecular weight excluding hydrogens is 532 g/mol. The van der Waals surface area contributed by atoms with Crippen molar-refractivity contribution in [1.29, 1.82) is 0 Å². The monoisotopic (exact) mass is 550 g/mol. The molecule has 0 aliphatic carbocycles. The molecule has 3 rings (SSSR count). The van der Waals surface area contributed by atoms with Gasteiger partial charge in [-0.1, -0.05) is 17.7 Å². The van der Waals surface area contributed by atoms with E-state index in [1.54, 1.807) is 0 Å². The van der Waals surface area contributed by atoms with Gasteiger partial charge in [-0.3, -0.25) is 10.2 Å². The van der Waals surface area contributed by atoms with Gasteiger partial charge in [0, 0.05) is 30.3 Å². The lowest BCUT2D eigenvalue weighted by atomic mass is 10.0. The number of alkyl halides is 6. The Morgan fingerprint density at radius 1 is 1.14 bits per heavy atom. The van der Waals surface area contributed by atoms with Crippen molar-refractivity contribution in [2.24, 2.45) is 0 Å². The summed E-state index contributed by atoms with van der Waals surface area (Å²) in [7, 11) is 0. The second kappa shape index (κ2) is 11.6. The maximum Gasteiger partial charge on any atom is 0.426 e. The Kier molecular flexibility index (Phi) is 9.63. The number of hydrogen-bond acceptors (Lipinski definition) is 4. The average Bonchev–Trinajstić information content (AvgIpc) is 2.74. The molecule has 1 aliphatic rings. The van der Waals surface area contributed by atoms with Crippen LogP contribution in [0.4, 0.5) is 41.2 Å². The molecule has 1 amide bonds. The van der Waals surface area contributed by atoms with E-state index < -0.39 is 48.6 Å². The van der Waals surface area contributed by atoms with Crippen LogP contribution in [0.5, 0.6) is 0 Å². The lowest BCUT2D eigenvalue weighted by Gasteiger charge is -2.35. The van der Waals surface area contributed by atoms with Crippen molar-refractivity contribution >= 4 is 35.8 Å². The normalized spacial score (nSPS) is 17.9. The minimum atomic E-state index is -4.94.